The topological polar surface area (TPSA) is 11.4 Å². The molecule has 3 aromatic rings. The molecule has 1 aliphatic rings. The molecule has 0 spiro atoms. The zero-order valence-electron chi connectivity index (χ0n) is 16.3. The van der Waals surface area contributed by atoms with Gasteiger partial charge in [-0.25, -0.2) is 4.39 Å². The van der Waals surface area contributed by atoms with E-state index in [0.29, 0.717) is 0 Å². The van der Waals surface area contributed by atoms with Crippen LogP contribution in [0, 0.1) is 12.7 Å². The Bertz CT molecular complexity index is 939. The third kappa shape index (κ3) is 4.00. The Morgan fingerprint density at radius 3 is 2.21 bits per heavy atom. The summed E-state index contributed by atoms with van der Waals surface area (Å²) in [5.41, 5.74) is 5.66. The number of halogens is 2. The number of hydrogen-bond donors (Lipinski definition) is 0. The van der Waals surface area contributed by atoms with Crippen molar-refractivity contribution in [2.24, 2.45) is 0 Å². The minimum Gasteiger partial charge on any atom is -0.314 e. The Morgan fingerprint density at radius 1 is 0.929 bits per heavy atom. The van der Waals surface area contributed by atoms with E-state index in [9.17, 15) is 4.39 Å². The van der Waals surface area contributed by atoms with Gasteiger partial charge in [-0.15, -0.1) is 0 Å². The number of rotatable bonds is 4. The van der Waals surface area contributed by atoms with E-state index in [0.717, 1.165) is 54.7 Å². The summed E-state index contributed by atoms with van der Waals surface area (Å²) >= 11 is 6.09. The van der Waals surface area contributed by atoms with Crippen LogP contribution in [0.5, 0.6) is 0 Å². The van der Waals surface area contributed by atoms with Gasteiger partial charge in [0.1, 0.15) is 5.82 Å². The van der Waals surface area contributed by atoms with Crippen molar-refractivity contribution < 1.29 is 4.39 Å². The predicted molar refractivity (Wildman–Crippen MR) is 114 cm³/mol. The lowest BCUT2D eigenvalue weighted by molar-refractivity contribution is 0.148. The summed E-state index contributed by atoms with van der Waals surface area (Å²) in [4.78, 5) is 4.87. The second-order valence-electron chi connectivity index (χ2n) is 7.54. The van der Waals surface area contributed by atoms with Gasteiger partial charge < -0.3 is 9.47 Å². The first-order valence-corrected chi connectivity index (χ1v) is 10.0. The van der Waals surface area contributed by atoms with Crippen LogP contribution in [-0.2, 0) is 6.54 Å². The molecular formula is C23H25ClFN3. The monoisotopic (exact) mass is 397 g/mol. The molecule has 28 heavy (non-hydrogen) atoms. The number of likely N-dealkylation sites (N-methyl/N-ethyl adjacent to an activating group) is 1. The van der Waals surface area contributed by atoms with E-state index in [2.05, 4.69) is 34.4 Å². The minimum absolute atomic E-state index is 0.223. The van der Waals surface area contributed by atoms with Gasteiger partial charge >= 0.3 is 0 Å². The summed E-state index contributed by atoms with van der Waals surface area (Å²) in [6.45, 7) is 7.42. The number of piperazine rings is 1. The Labute approximate surface area is 171 Å². The second-order valence-corrected chi connectivity index (χ2v) is 7.97. The highest BCUT2D eigenvalue weighted by Crippen LogP contribution is 2.31. The summed E-state index contributed by atoms with van der Waals surface area (Å²) < 4.78 is 15.7. The molecule has 0 amide bonds. The lowest BCUT2D eigenvalue weighted by Crippen LogP contribution is -2.43. The summed E-state index contributed by atoms with van der Waals surface area (Å²) in [7, 11) is 2.17. The lowest BCUT2D eigenvalue weighted by atomic mass is 10.1. The van der Waals surface area contributed by atoms with Crippen LogP contribution in [0.4, 0.5) is 4.39 Å². The summed E-state index contributed by atoms with van der Waals surface area (Å²) in [6.07, 6.45) is 0. The molecule has 0 bridgehead atoms. The van der Waals surface area contributed by atoms with Crippen LogP contribution < -0.4 is 0 Å². The molecule has 0 aliphatic carbocycles. The summed E-state index contributed by atoms with van der Waals surface area (Å²) in [6, 6.07) is 16.9. The van der Waals surface area contributed by atoms with Crippen molar-refractivity contribution in [2.45, 2.75) is 13.5 Å². The molecule has 1 aromatic heterocycles. The van der Waals surface area contributed by atoms with Crippen LogP contribution in [0.15, 0.2) is 54.6 Å². The maximum atomic E-state index is 13.5. The standard InChI is InChI=1S/C23H25ClFN3/c1-17-19(16-27-13-11-26(2)12-14-27)15-23(18-3-5-20(24)6-4-18)28(17)22-9-7-21(25)8-10-22/h3-10,15H,11-14,16H2,1-2H3. The minimum atomic E-state index is -0.223. The van der Waals surface area contributed by atoms with Crippen molar-refractivity contribution in [3.63, 3.8) is 0 Å². The molecule has 0 saturated carbocycles. The molecule has 2 heterocycles. The molecule has 0 radical (unpaired) electrons. The van der Waals surface area contributed by atoms with E-state index in [1.54, 1.807) is 0 Å². The largest absolute Gasteiger partial charge is 0.314 e. The average molecular weight is 398 g/mol. The average Bonchev–Trinajstić information content (AvgIpc) is 3.01. The smallest absolute Gasteiger partial charge is 0.123 e. The van der Waals surface area contributed by atoms with E-state index >= 15 is 0 Å². The summed E-state index contributed by atoms with van der Waals surface area (Å²) in [5, 5.41) is 0.720. The van der Waals surface area contributed by atoms with Crippen molar-refractivity contribution in [1.29, 1.82) is 0 Å². The van der Waals surface area contributed by atoms with Gasteiger partial charge in [0.25, 0.3) is 0 Å². The molecule has 3 nitrogen and oxygen atoms in total. The van der Waals surface area contributed by atoms with Crippen LogP contribution in [0.1, 0.15) is 11.3 Å². The third-order valence-electron chi connectivity index (χ3n) is 5.57. The second kappa shape index (κ2) is 8.08. The molecule has 5 heteroatoms. The Morgan fingerprint density at radius 2 is 1.57 bits per heavy atom. The fourth-order valence-electron chi connectivity index (χ4n) is 3.82. The fourth-order valence-corrected chi connectivity index (χ4v) is 3.95. The molecule has 1 fully saturated rings. The van der Waals surface area contributed by atoms with Crippen molar-refractivity contribution >= 4 is 11.6 Å². The van der Waals surface area contributed by atoms with Gasteiger partial charge in [0.2, 0.25) is 0 Å². The van der Waals surface area contributed by atoms with Crippen LogP contribution in [0.3, 0.4) is 0 Å². The molecule has 1 saturated heterocycles. The van der Waals surface area contributed by atoms with Crippen molar-refractivity contribution in [2.75, 3.05) is 33.2 Å². The highest BCUT2D eigenvalue weighted by Gasteiger charge is 2.19. The first-order valence-electron chi connectivity index (χ1n) is 9.65. The summed E-state index contributed by atoms with van der Waals surface area (Å²) in [5.74, 6) is -0.223. The molecular weight excluding hydrogens is 373 g/mol. The van der Waals surface area contributed by atoms with Crippen LogP contribution in [0.2, 0.25) is 5.02 Å². The number of benzene rings is 2. The molecule has 4 rings (SSSR count). The zero-order valence-corrected chi connectivity index (χ0v) is 17.1. The number of hydrogen-bond acceptors (Lipinski definition) is 2. The maximum Gasteiger partial charge on any atom is 0.123 e. The van der Waals surface area contributed by atoms with Gasteiger partial charge in [-0.3, -0.25) is 4.90 Å². The van der Waals surface area contributed by atoms with Crippen LogP contribution in [0.25, 0.3) is 16.9 Å². The number of nitrogens with zero attached hydrogens (tertiary/aromatic N) is 3. The van der Waals surface area contributed by atoms with Crippen LogP contribution in [-0.4, -0.2) is 47.6 Å². The van der Waals surface area contributed by atoms with Gasteiger partial charge in [0.05, 0.1) is 5.69 Å². The molecule has 146 valence electrons. The highest BCUT2D eigenvalue weighted by molar-refractivity contribution is 6.30. The fraction of sp³-hybridized carbons (Fsp3) is 0.304. The van der Waals surface area contributed by atoms with Gasteiger partial charge in [-0.2, -0.15) is 0 Å². The zero-order chi connectivity index (χ0) is 19.7. The van der Waals surface area contributed by atoms with E-state index in [1.165, 1.54) is 23.4 Å². The Balaban J connectivity index is 1.75. The molecule has 2 aromatic carbocycles. The molecule has 0 atom stereocenters. The lowest BCUT2D eigenvalue weighted by Gasteiger charge is -2.32. The van der Waals surface area contributed by atoms with E-state index in [1.807, 2.05) is 36.4 Å². The van der Waals surface area contributed by atoms with Gasteiger partial charge in [0.15, 0.2) is 0 Å². The van der Waals surface area contributed by atoms with E-state index < -0.39 is 0 Å². The number of aromatic nitrogens is 1. The quantitative estimate of drug-likeness (QED) is 0.614. The maximum absolute atomic E-state index is 13.5. The van der Waals surface area contributed by atoms with Crippen molar-refractivity contribution in [3.8, 4) is 16.9 Å². The first kappa shape index (κ1) is 19.2. The normalized spacial score (nSPS) is 15.9. The molecule has 1 aliphatic heterocycles. The van der Waals surface area contributed by atoms with Gasteiger partial charge in [0, 0.05) is 49.1 Å². The van der Waals surface area contributed by atoms with Gasteiger partial charge in [-0.1, -0.05) is 23.7 Å². The Hall–Kier alpha value is -2.14. The van der Waals surface area contributed by atoms with Crippen LogP contribution >= 0.6 is 11.6 Å². The van der Waals surface area contributed by atoms with Crippen molar-refractivity contribution in [1.82, 2.24) is 14.4 Å². The van der Waals surface area contributed by atoms with Crippen molar-refractivity contribution in [3.05, 3.63) is 76.7 Å². The third-order valence-corrected chi connectivity index (χ3v) is 5.82. The van der Waals surface area contributed by atoms with E-state index in [-0.39, 0.29) is 5.82 Å². The highest BCUT2D eigenvalue weighted by atomic mass is 35.5. The predicted octanol–water partition coefficient (Wildman–Crippen LogP) is 4.99. The molecule has 0 unspecified atom stereocenters. The van der Waals surface area contributed by atoms with E-state index in [4.69, 9.17) is 11.6 Å². The first-order chi connectivity index (χ1) is 13.5. The molecule has 0 N–H and O–H groups in total. The SMILES string of the molecule is Cc1c(CN2CCN(C)CC2)cc(-c2ccc(Cl)cc2)n1-c1ccc(F)cc1. The van der Waals surface area contributed by atoms with Gasteiger partial charge in [-0.05, 0) is 67.6 Å². The Kier molecular flexibility index (Phi) is 5.54.